The Morgan fingerprint density at radius 3 is 1.41 bits per heavy atom. The lowest BCUT2D eigenvalue weighted by Gasteiger charge is -2.46. The number of nitrogens with one attached hydrogen (secondary N) is 3. The molecule has 0 aromatic carbocycles. The van der Waals surface area contributed by atoms with Crippen molar-refractivity contribution in [3.63, 3.8) is 0 Å². The molecular formula is C61H80N16O6. The van der Waals surface area contributed by atoms with Crippen LogP contribution in [0.5, 0.6) is 0 Å². The van der Waals surface area contributed by atoms with Gasteiger partial charge in [-0.25, -0.2) is 24.7 Å². The van der Waals surface area contributed by atoms with E-state index in [0.717, 1.165) is 143 Å². The van der Waals surface area contributed by atoms with Gasteiger partial charge in [-0.3, -0.25) is 19.2 Å². The van der Waals surface area contributed by atoms with E-state index in [9.17, 15) is 24.0 Å². The minimum absolute atomic E-state index is 0.0276. The van der Waals surface area contributed by atoms with Crippen molar-refractivity contribution in [2.45, 2.75) is 141 Å². The second-order valence-corrected chi connectivity index (χ2v) is 25.0. The second-order valence-electron chi connectivity index (χ2n) is 25.0. The summed E-state index contributed by atoms with van der Waals surface area (Å²) in [5.74, 6) is 2.26. The Hall–Kier alpha value is -7.75. The number of nitrogens with zero attached hydrogens (tertiary/aromatic N) is 13. The Labute approximate surface area is 485 Å². The van der Waals surface area contributed by atoms with Crippen LogP contribution >= 0.6 is 0 Å². The van der Waals surface area contributed by atoms with Crippen molar-refractivity contribution in [1.82, 2.24) is 59.1 Å². The molecule has 6 fully saturated rings. The topological polar surface area (TPSA) is 234 Å². The molecule has 3 N–H and O–H groups in total. The maximum atomic E-state index is 13.8. The van der Waals surface area contributed by atoms with Gasteiger partial charge in [0.1, 0.15) is 39.9 Å². The van der Waals surface area contributed by atoms with Crippen molar-refractivity contribution < 1.29 is 28.7 Å². The number of piperidine rings is 4. The van der Waals surface area contributed by atoms with Crippen LogP contribution in [0, 0.1) is 10.8 Å². The zero-order valence-electron chi connectivity index (χ0n) is 49.2. The Morgan fingerprint density at radius 2 is 1.01 bits per heavy atom. The summed E-state index contributed by atoms with van der Waals surface area (Å²) in [5.41, 5.74) is 3.12. The molecule has 0 unspecified atom stereocenters. The maximum Gasteiger partial charge on any atom is 0.410 e. The molecule has 4 aliphatic heterocycles. The number of amides is 5. The number of ether oxygens (including phenoxy) is 1. The first-order chi connectivity index (χ1) is 39.9. The molecule has 6 aromatic heterocycles. The zero-order valence-corrected chi connectivity index (χ0v) is 49.2. The number of anilines is 6. The normalized spacial score (nSPS) is 19.3. The molecule has 6 aromatic rings. The van der Waals surface area contributed by atoms with Gasteiger partial charge >= 0.3 is 6.09 Å². The first-order valence-electron chi connectivity index (χ1n) is 29.9. The Morgan fingerprint density at radius 1 is 0.578 bits per heavy atom. The van der Waals surface area contributed by atoms with Gasteiger partial charge in [0.2, 0.25) is 23.7 Å². The van der Waals surface area contributed by atoms with Crippen LogP contribution in [0.25, 0.3) is 22.1 Å². The molecule has 12 rings (SSSR count). The highest BCUT2D eigenvalue weighted by Gasteiger charge is 2.48. The maximum absolute atomic E-state index is 13.8. The van der Waals surface area contributed by atoms with Gasteiger partial charge in [0.05, 0.1) is 34.6 Å². The molecule has 6 aliphatic rings. The van der Waals surface area contributed by atoms with Crippen LogP contribution in [0.15, 0.2) is 61.2 Å². The fourth-order valence-electron chi connectivity index (χ4n) is 13.4. The summed E-state index contributed by atoms with van der Waals surface area (Å²) in [6.45, 7) is 9.77. The summed E-state index contributed by atoms with van der Waals surface area (Å²) in [6, 6.07) is 11.8. The van der Waals surface area contributed by atoms with E-state index in [1.165, 1.54) is 0 Å². The summed E-state index contributed by atoms with van der Waals surface area (Å²) >= 11 is 0. The monoisotopic (exact) mass is 1130 g/mol. The molecule has 0 bridgehead atoms. The summed E-state index contributed by atoms with van der Waals surface area (Å²) in [5, 5.41) is 11.5. The van der Waals surface area contributed by atoms with Crippen molar-refractivity contribution in [2.24, 2.45) is 10.8 Å². The predicted molar refractivity (Wildman–Crippen MR) is 318 cm³/mol. The number of carbonyl (C=O) groups excluding carboxylic acids is 5. The lowest BCUT2D eigenvalue weighted by molar-refractivity contribution is -0.133. The molecule has 5 amide bonds. The third kappa shape index (κ3) is 11.8. The van der Waals surface area contributed by atoms with Gasteiger partial charge in [0, 0.05) is 89.6 Å². The van der Waals surface area contributed by atoms with Crippen molar-refractivity contribution in [3.8, 4) is 0 Å². The largest absolute Gasteiger partial charge is 0.444 e. The summed E-state index contributed by atoms with van der Waals surface area (Å²) in [4.78, 5) is 102. The van der Waals surface area contributed by atoms with Gasteiger partial charge in [0.15, 0.2) is 0 Å². The standard InChI is InChI=1S/C33H44N8O4.C28H36N8O2/c1-32(2,3)45-31(44)39-17-14-33(15-18-39)13-8-16-40(29(33)43)24-11-12-26(34-21-24)36-30-35-20-22-19-25(28(42)38(4)5)41(27(22)37-30)23-9-6-7-10-23;1-34(2)25(37)22-16-19-17-31-27(33-24(19)36(22)20-6-3-4-7-20)32-23-9-8-21(18-30-23)35-15-5-10-28(26(35)38)11-13-29-14-12-28/h11-12,19-21,23H,6-10,13-18H2,1-5H3,(H,34,35,36,37);8-9,16-18,20,29H,3-7,10-15H2,1-2H3,(H,30,31,32,33). The number of pyridine rings is 2. The van der Waals surface area contributed by atoms with Gasteiger partial charge in [-0.05, 0) is 147 Å². The Kier molecular flexibility index (Phi) is 16.2. The molecule has 0 radical (unpaired) electrons. The van der Waals surface area contributed by atoms with Crippen LogP contribution in [0.2, 0.25) is 0 Å². The van der Waals surface area contributed by atoms with Crippen molar-refractivity contribution in [1.29, 1.82) is 0 Å². The van der Waals surface area contributed by atoms with Gasteiger partial charge in [-0.2, -0.15) is 9.97 Å². The second kappa shape index (κ2) is 23.5. The summed E-state index contributed by atoms with van der Waals surface area (Å²) in [7, 11) is 7.08. The molecule has 2 aliphatic carbocycles. The third-order valence-electron chi connectivity index (χ3n) is 17.8. The van der Waals surface area contributed by atoms with Gasteiger partial charge in [-0.1, -0.05) is 25.7 Å². The van der Waals surface area contributed by atoms with E-state index in [-0.39, 0.29) is 47.2 Å². The van der Waals surface area contributed by atoms with Crippen LogP contribution in [-0.2, 0) is 14.3 Å². The van der Waals surface area contributed by atoms with Crippen molar-refractivity contribution >= 4 is 86.7 Å². The highest BCUT2D eigenvalue weighted by molar-refractivity contribution is 6.01. The van der Waals surface area contributed by atoms with Gasteiger partial charge in [0.25, 0.3) is 11.8 Å². The Bertz CT molecular complexity index is 3350. The van der Waals surface area contributed by atoms with Crippen LogP contribution in [0.1, 0.15) is 157 Å². The number of hydrogen-bond donors (Lipinski definition) is 3. The minimum Gasteiger partial charge on any atom is -0.444 e. The first kappa shape index (κ1) is 57.1. The smallest absolute Gasteiger partial charge is 0.410 e. The average molecular weight is 1130 g/mol. The molecular weight excluding hydrogens is 1050 g/mol. The van der Waals surface area contributed by atoms with E-state index < -0.39 is 11.0 Å². The highest BCUT2D eigenvalue weighted by Crippen LogP contribution is 2.44. The van der Waals surface area contributed by atoms with Crippen LogP contribution in [0.4, 0.5) is 39.7 Å². The van der Waals surface area contributed by atoms with Crippen molar-refractivity contribution in [3.05, 3.63) is 72.6 Å². The zero-order chi connectivity index (χ0) is 58.2. The molecule has 2 saturated carbocycles. The van der Waals surface area contributed by atoms with Crippen LogP contribution < -0.4 is 25.8 Å². The van der Waals surface area contributed by atoms with Gasteiger partial charge < -0.3 is 54.3 Å². The van der Waals surface area contributed by atoms with Crippen molar-refractivity contribution in [2.75, 3.05) is 87.9 Å². The number of rotatable bonds is 10. The van der Waals surface area contributed by atoms with Crippen LogP contribution in [-0.4, -0.2) is 157 Å². The fraction of sp³-hybridized carbons (Fsp3) is 0.557. The Balaban J connectivity index is 0.000000176. The number of hydrogen-bond acceptors (Lipinski definition) is 15. The number of aromatic nitrogens is 8. The average Bonchev–Trinajstić information content (AvgIpc) is 3.51. The molecule has 4 saturated heterocycles. The SMILES string of the molecule is CN(C)C(=O)c1cc2cnc(Nc3ccc(N4CCCC5(CCN(C(=O)OC(C)(C)C)CC5)C4=O)cn3)nc2n1C1CCCC1.CN(C)C(=O)c1cc2cnc(Nc3ccc(N4CCCC5(CCNCC5)C4=O)cn3)nc2n1C1CCCC1. The molecule has 83 heavy (non-hydrogen) atoms. The van der Waals surface area contributed by atoms with E-state index in [2.05, 4.69) is 45.0 Å². The predicted octanol–water partition coefficient (Wildman–Crippen LogP) is 9.41. The van der Waals surface area contributed by atoms with E-state index in [0.29, 0.717) is 67.4 Å². The lowest BCUT2D eigenvalue weighted by Crippen LogP contribution is -2.55. The van der Waals surface area contributed by atoms with Gasteiger partial charge in [-0.15, -0.1) is 0 Å². The number of carbonyl (C=O) groups is 5. The lowest BCUT2D eigenvalue weighted by atomic mass is 9.71. The van der Waals surface area contributed by atoms with E-state index in [1.807, 2.05) is 67.0 Å². The molecule has 22 nitrogen and oxygen atoms in total. The number of fused-ring (bicyclic) bond motifs is 2. The summed E-state index contributed by atoms with van der Waals surface area (Å²) in [6.07, 6.45) is 22.1. The molecule has 0 atom stereocenters. The number of likely N-dealkylation sites (tertiary alicyclic amines) is 1. The van der Waals surface area contributed by atoms with E-state index in [1.54, 1.807) is 67.7 Å². The summed E-state index contributed by atoms with van der Waals surface area (Å²) < 4.78 is 9.74. The quantitative estimate of drug-likeness (QED) is 0.116. The minimum atomic E-state index is -0.548. The van der Waals surface area contributed by atoms with Crippen LogP contribution in [0.3, 0.4) is 0 Å². The molecule has 22 heteroatoms. The van der Waals surface area contributed by atoms with E-state index in [4.69, 9.17) is 14.7 Å². The molecule has 440 valence electrons. The van der Waals surface area contributed by atoms with E-state index >= 15 is 0 Å². The fourth-order valence-corrected chi connectivity index (χ4v) is 13.4. The molecule has 10 heterocycles. The highest BCUT2D eigenvalue weighted by atomic mass is 16.6. The molecule has 2 spiro atoms. The third-order valence-corrected chi connectivity index (χ3v) is 17.8. The first-order valence-corrected chi connectivity index (χ1v) is 29.9.